The molecule has 1 aromatic heterocycles. The molecule has 2 aromatic rings. The Morgan fingerprint density at radius 2 is 1.94 bits per heavy atom. The van der Waals surface area contributed by atoms with Crippen molar-refractivity contribution in [1.29, 1.82) is 0 Å². The number of carbonyl (C=O) groups excluding carboxylic acids is 2. The van der Waals surface area contributed by atoms with Gasteiger partial charge in [-0.2, -0.15) is 0 Å². The third kappa shape index (κ3) is 5.14. The molecule has 166 valence electrons. The molecule has 2 fully saturated rings. The lowest BCUT2D eigenvalue weighted by Crippen LogP contribution is -2.54. The van der Waals surface area contributed by atoms with Gasteiger partial charge in [0, 0.05) is 38.2 Å². The second kappa shape index (κ2) is 8.68. The van der Waals surface area contributed by atoms with Crippen LogP contribution >= 0.6 is 11.3 Å². The zero-order valence-electron chi connectivity index (χ0n) is 20.2. The van der Waals surface area contributed by atoms with Crippen LogP contribution in [0.3, 0.4) is 0 Å². The number of benzene rings is 1. The number of ether oxygens (including phenoxy) is 1. The Bertz CT molecular complexity index is 1030. The summed E-state index contributed by atoms with van der Waals surface area (Å²) in [7, 11) is 0. The first-order valence-corrected chi connectivity index (χ1v) is 11.4. The SMILES string of the molecule is [2H]C([2H])(c1sc(NC(=O)C(C)(C)NC(=O)C2(C)CC2)nc1-c1ccccc1)N1CCOCC1. The lowest BCUT2D eigenvalue weighted by Gasteiger charge is -2.26. The van der Waals surface area contributed by atoms with E-state index in [1.54, 1.807) is 18.7 Å². The third-order valence-corrected chi connectivity index (χ3v) is 6.58. The zero-order chi connectivity index (χ0) is 23.9. The number of hydrogen-bond donors (Lipinski definition) is 2. The molecule has 31 heavy (non-hydrogen) atoms. The summed E-state index contributed by atoms with van der Waals surface area (Å²) in [4.78, 5) is 32.3. The second-order valence-electron chi connectivity index (χ2n) is 8.87. The van der Waals surface area contributed by atoms with Crippen molar-refractivity contribution in [3.8, 4) is 11.3 Å². The highest BCUT2D eigenvalue weighted by atomic mass is 32.1. The fourth-order valence-electron chi connectivity index (χ4n) is 3.22. The summed E-state index contributed by atoms with van der Waals surface area (Å²) in [6.07, 6.45) is 1.65. The molecule has 1 saturated carbocycles. The topological polar surface area (TPSA) is 83.6 Å². The molecule has 0 bridgehead atoms. The quantitative estimate of drug-likeness (QED) is 0.685. The van der Waals surface area contributed by atoms with Crippen molar-refractivity contribution in [2.75, 3.05) is 31.6 Å². The third-order valence-electron chi connectivity index (χ3n) is 5.71. The summed E-state index contributed by atoms with van der Waals surface area (Å²) in [5.41, 5.74) is -0.249. The molecule has 2 aliphatic rings. The molecular weight excluding hydrogens is 412 g/mol. The summed E-state index contributed by atoms with van der Waals surface area (Å²) >= 11 is 1.12. The zero-order valence-corrected chi connectivity index (χ0v) is 19.0. The maximum atomic E-state index is 13.0. The van der Waals surface area contributed by atoms with Gasteiger partial charge in [0.15, 0.2) is 5.13 Å². The second-order valence-corrected chi connectivity index (χ2v) is 9.87. The predicted octanol–water partition coefficient (Wildman–Crippen LogP) is 3.28. The molecule has 0 unspecified atom stereocenters. The molecule has 1 aromatic carbocycles. The van der Waals surface area contributed by atoms with Gasteiger partial charge in [-0.15, -0.1) is 0 Å². The van der Waals surface area contributed by atoms with E-state index in [4.69, 9.17) is 7.48 Å². The van der Waals surface area contributed by atoms with Crippen LogP contribution in [0.2, 0.25) is 0 Å². The van der Waals surface area contributed by atoms with E-state index in [0.29, 0.717) is 42.0 Å². The van der Waals surface area contributed by atoms with Crippen LogP contribution in [-0.4, -0.2) is 53.5 Å². The van der Waals surface area contributed by atoms with Gasteiger partial charge in [0.05, 0.1) is 18.9 Å². The average Bonchev–Trinajstić information content (AvgIpc) is 3.40. The van der Waals surface area contributed by atoms with E-state index in [0.717, 1.165) is 29.7 Å². The van der Waals surface area contributed by atoms with Crippen molar-refractivity contribution in [2.45, 2.75) is 45.6 Å². The summed E-state index contributed by atoms with van der Waals surface area (Å²) in [5.74, 6) is -0.525. The van der Waals surface area contributed by atoms with Crippen LogP contribution in [-0.2, 0) is 20.8 Å². The van der Waals surface area contributed by atoms with Crippen LogP contribution in [0.5, 0.6) is 0 Å². The molecule has 2 N–H and O–H groups in total. The van der Waals surface area contributed by atoms with Crippen molar-refractivity contribution >= 4 is 28.3 Å². The van der Waals surface area contributed by atoms with Crippen LogP contribution in [0.25, 0.3) is 11.3 Å². The Morgan fingerprint density at radius 1 is 1.26 bits per heavy atom. The first kappa shape index (κ1) is 19.4. The molecule has 7 nitrogen and oxygen atoms in total. The fraction of sp³-hybridized carbons (Fsp3) is 0.522. The number of hydrogen-bond acceptors (Lipinski definition) is 6. The van der Waals surface area contributed by atoms with Crippen molar-refractivity contribution < 1.29 is 17.1 Å². The molecule has 2 amide bonds. The molecule has 0 atom stereocenters. The summed E-state index contributed by atoms with van der Waals surface area (Å²) < 4.78 is 23.1. The number of rotatable bonds is 7. The van der Waals surface area contributed by atoms with E-state index in [-0.39, 0.29) is 11.3 Å². The number of amides is 2. The summed E-state index contributed by atoms with van der Waals surface area (Å²) in [6, 6.07) is 9.39. The van der Waals surface area contributed by atoms with Gasteiger partial charge < -0.3 is 10.1 Å². The van der Waals surface area contributed by atoms with Crippen molar-refractivity contribution in [2.24, 2.45) is 5.41 Å². The smallest absolute Gasteiger partial charge is 0.251 e. The van der Waals surface area contributed by atoms with Gasteiger partial charge in [0.2, 0.25) is 5.91 Å². The first-order valence-electron chi connectivity index (χ1n) is 11.6. The molecule has 0 radical (unpaired) electrons. The largest absolute Gasteiger partial charge is 0.379 e. The fourth-order valence-corrected chi connectivity index (χ4v) is 4.13. The van der Waals surface area contributed by atoms with Gasteiger partial charge in [-0.1, -0.05) is 48.6 Å². The maximum Gasteiger partial charge on any atom is 0.251 e. The van der Waals surface area contributed by atoms with E-state index < -0.39 is 17.9 Å². The Kier molecular flexibility index (Phi) is 5.43. The number of thiazole rings is 1. The maximum absolute atomic E-state index is 13.0. The lowest BCUT2D eigenvalue weighted by atomic mass is 10.0. The van der Waals surface area contributed by atoms with Crippen molar-refractivity contribution in [1.82, 2.24) is 15.2 Å². The van der Waals surface area contributed by atoms with Gasteiger partial charge >= 0.3 is 0 Å². The van der Waals surface area contributed by atoms with E-state index in [1.807, 2.05) is 37.3 Å². The molecule has 1 aliphatic heterocycles. The van der Waals surface area contributed by atoms with Crippen LogP contribution < -0.4 is 10.6 Å². The Morgan fingerprint density at radius 3 is 2.58 bits per heavy atom. The highest BCUT2D eigenvalue weighted by molar-refractivity contribution is 7.16. The van der Waals surface area contributed by atoms with Gasteiger partial charge in [0.1, 0.15) is 5.54 Å². The summed E-state index contributed by atoms with van der Waals surface area (Å²) in [6.45, 7) is 5.31. The molecule has 1 saturated heterocycles. The Hall–Kier alpha value is -2.29. The molecule has 0 spiro atoms. The minimum Gasteiger partial charge on any atom is -0.379 e. The number of morpholine rings is 1. The standard InChI is InChI=1S/C23H30N4O3S/c1-22(2,26-20(29)23(3)9-10-23)19(28)25-21-24-18(16-7-5-4-6-8-16)17(31-21)15-27-11-13-30-14-12-27/h4-8H,9-15H2,1-3H3,(H,26,29)(H,24,25,28)/i15D2. The van der Waals surface area contributed by atoms with Crippen LogP contribution in [0.15, 0.2) is 30.3 Å². The minimum atomic E-state index is -1.78. The lowest BCUT2D eigenvalue weighted by molar-refractivity contribution is -0.132. The monoisotopic (exact) mass is 444 g/mol. The highest BCUT2D eigenvalue weighted by Gasteiger charge is 2.47. The van der Waals surface area contributed by atoms with E-state index in [1.165, 1.54) is 0 Å². The molecule has 2 heterocycles. The van der Waals surface area contributed by atoms with E-state index >= 15 is 0 Å². The first-order chi connectivity index (χ1) is 15.5. The minimum absolute atomic E-state index is 0.129. The number of nitrogens with one attached hydrogen (secondary N) is 2. The Labute approximate surface area is 190 Å². The molecule has 4 rings (SSSR count). The van der Waals surface area contributed by atoms with Crippen LogP contribution in [0, 0.1) is 5.41 Å². The highest BCUT2D eigenvalue weighted by Crippen LogP contribution is 2.45. The van der Waals surface area contributed by atoms with Crippen molar-refractivity contribution in [3.63, 3.8) is 0 Å². The van der Waals surface area contributed by atoms with E-state index in [9.17, 15) is 9.59 Å². The van der Waals surface area contributed by atoms with E-state index in [2.05, 4.69) is 15.6 Å². The Balaban J connectivity index is 1.61. The van der Waals surface area contributed by atoms with Gasteiger partial charge in [-0.25, -0.2) is 4.98 Å². The normalized spacial score (nSPS) is 19.8. The number of aromatic nitrogens is 1. The number of carbonyl (C=O) groups is 2. The van der Waals surface area contributed by atoms with Crippen LogP contribution in [0.4, 0.5) is 5.13 Å². The molecular formula is C23H30N4O3S. The molecule has 8 heteroatoms. The molecule has 1 aliphatic carbocycles. The summed E-state index contributed by atoms with van der Waals surface area (Å²) in [5, 5.41) is 5.95. The average molecular weight is 445 g/mol. The van der Waals surface area contributed by atoms with Gasteiger partial charge in [-0.05, 0) is 26.7 Å². The van der Waals surface area contributed by atoms with Gasteiger partial charge in [0.25, 0.3) is 5.91 Å². The number of nitrogens with zero attached hydrogens (tertiary/aromatic N) is 2. The van der Waals surface area contributed by atoms with Gasteiger partial charge in [-0.3, -0.25) is 19.8 Å². The van der Waals surface area contributed by atoms with Crippen LogP contribution in [0.1, 0.15) is 41.2 Å². The predicted molar refractivity (Wildman–Crippen MR) is 122 cm³/mol. The number of anilines is 1. The van der Waals surface area contributed by atoms with Crippen molar-refractivity contribution in [3.05, 3.63) is 35.2 Å².